The van der Waals surface area contributed by atoms with Crippen molar-refractivity contribution in [2.45, 2.75) is 25.4 Å². The van der Waals surface area contributed by atoms with Gasteiger partial charge in [0.2, 0.25) is 5.91 Å². The third kappa shape index (κ3) is 5.13. The van der Waals surface area contributed by atoms with Crippen LogP contribution < -0.4 is 5.32 Å². The Morgan fingerprint density at radius 3 is 2.48 bits per heavy atom. The molecule has 2 aromatic heterocycles. The average Bonchev–Trinajstić information content (AvgIpc) is 3.08. The molecule has 1 unspecified atom stereocenters. The number of aromatic nitrogens is 3. The maximum atomic E-state index is 12.9. The molecule has 31 heavy (non-hydrogen) atoms. The van der Waals surface area contributed by atoms with Gasteiger partial charge in [0.15, 0.2) is 5.65 Å². The number of piperidine rings is 3. The molecule has 3 N–H and O–H groups in total. The lowest BCUT2D eigenvalue weighted by atomic mass is 9.84. The minimum Gasteiger partial charge on any atom is -0.412 e. The molecule has 10 heteroatoms. The largest absolute Gasteiger partial charge is 0.412 e. The minimum absolute atomic E-state index is 0. The molecule has 168 valence electrons. The number of pyridine rings is 1. The van der Waals surface area contributed by atoms with Crippen LogP contribution in [0.4, 0.5) is 0 Å². The van der Waals surface area contributed by atoms with Gasteiger partial charge in [-0.25, -0.2) is 9.97 Å². The van der Waals surface area contributed by atoms with E-state index in [0.717, 1.165) is 42.2 Å². The second-order valence-electron chi connectivity index (χ2n) is 7.69. The normalized spacial score (nSPS) is 21.5. The van der Waals surface area contributed by atoms with E-state index < -0.39 is 0 Å². The summed E-state index contributed by atoms with van der Waals surface area (Å²) in [6, 6.07) is 11.5. The van der Waals surface area contributed by atoms with Gasteiger partial charge in [-0.1, -0.05) is 11.6 Å². The van der Waals surface area contributed by atoms with Gasteiger partial charge in [-0.15, -0.1) is 24.8 Å². The second kappa shape index (κ2) is 10.6. The molecule has 1 atom stereocenters. The number of hydrogen-bond acceptors (Lipinski definition) is 4. The predicted octanol–water partition coefficient (Wildman–Crippen LogP) is 2.98. The number of fused-ring (bicyclic) bond motifs is 4. The fourth-order valence-corrected chi connectivity index (χ4v) is 4.58. The van der Waals surface area contributed by atoms with Gasteiger partial charge in [-0.05, 0) is 68.2 Å². The molecule has 5 heterocycles. The zero-order valence-corrected chi connectivity index (χ0v) is 19.2. The molecule has 3 saturated heterocycles. The lowest BCUT2D eigenvalue weighted by Crippen LogP contribution is -2.57. The fourth-order valence-electron chi connectivity index (χ4n) is 4.45. The van der Waals surface area contributed by atoms with Crippen LogP contribution in [-0.4, -0.2) is 56.5 Å². The maximum Gasteiger partial charge on any atom is 0.240 e. The standard InChI is InChI=1S/C21H22ClN5O.2ClH.H2O/c22-16-5-3-15(4-6-16)20-25-17-2-1-9-23-21(17)27(20)13-19(28)24-18-12-26-10-7-14(18)8-11-26;;;/h1-6,9,14,18H,7-8,10-13H2,(H,24,28);2*1H;1H2. The molecule has 7 nitrogen and oxygen atoms in total. The van der Waals surface area contributed by atoms with E-state index >= 15 is 0 Å². The third-order valence-electron chi connectivity index (χ3n) is 5.91. The highest BCUT2D eigenvalue weighted by Gasteiger charge is 2.34. The Labute approximate surface area is 198 Å². The van der Waals surface area contributed by atoms with Gasteiger partial charge < -0.3 is 15.7 Å². The van der Waals surface area contributed by atoms with Gasteiger partial charge in [-0.2, -0.15) is 0 Å². The van der Waals surface area contributed by atoms with E-state index in [9.17, 15) is 4.79 Å². The lowest BCUT2D eigenvalue weighted by Gasteiger charge is -2.44. The van der Waals surface area contributed by atoms with Crippen molar-refractivity contribution in [1.82, 2.24) is 24.8 Å². The smallest absolute Gasteiger partial charge is 0.240 e. The Morgan fingerprint density at radius 2 is 1.84 bits per heavy atom. The van der Waals surface area contributed by atoms with Crippen LogP contribution in [0.2, 0.25) is 5.02 Å². The van der Waals surface area contributed by atoms with Crippen LogP contribution in [0.15, 0.2) is 42.6 Å². The summed E-state index contributed by atoms with van der Waals surface area (Å²) in [5.74, 6) is 1.34. The zero-order valence-electron chi connectivity index (χ0n) is 16.8. The topological polar surface area (TPSA) is 94.5 Å². The van der Waals surface area contributed by atoms with Gasteiger partial charge >= 0.3 is 0 Å². The van der Waals surface area contributed by atoms with Crippen molar-refractivity contribution >= 4 is 53.5 Å². The molecular weight excluding hydrogens is 461 g/mol. The maximum absolute atomic E-state index is 12.9. The number of hydrogen-bond donors (Lipinski definition) is 1. The number of amides is 1. The van der Waals surface area contributed by atoms with Crippen molar-refractivity contribution in [2.75, 3.05) is 19.6 Å². The molecule has 3 aliphatic heterocycles. The number of nitrogens with zero attached hydrogens (tertiary/aromatic N) is 4. The number of benzene rings is 1. The van der Waals surface area contributed by atoms with Crippen molar-refractivity contribution in [3.8, 4) is 11.4 Å². The van der Waals surface area contributed by atoms with E-state index in [-0.39, 0.29) is 48.8 Å². The molecule has 1 amide bonds. The first-order valence-corrected chi connectivity index (χ1v) is 10.1. The van der Waals surface area contributed by atoms with Crippen molar-refractivity contribution in [3.05, 3.63) is 47.6 Å². The number of imidazole rings is 1. The molecule has 2 bridgehead atoms. The van der Waals surface area contributed by atoms with Gasteiger partial charge in [0.1, 0.15) is 17.9 Å². The number of rotatable bonds is 4. The molecule has 3 aliphatic rings. The van der Waals surface area contributed by atoms with E-state index in [1.54, 1.807) is 6.20 Å². The summed E-state index contributed by atoms with van der Waals surface area (Å²) in [7, 11) is 0. The van der Waals surface area contributed by atoms with E-state index in [1.165, 1.54) is 12.8 Å². The van der Waals surface area contributed by atoms with E-state index in [4.69, 9.17) is 16.6 Å². The Morgan fingerprint density at radius 1 is 1.13 bits per heavy atom. The lowest BCUT2D eigenvalue weighted by molar-refractivity contribution is -0.123. The SMILES string of the molecule is Cl.Cl.O.O=C(Cn1c(-c2ccc(Cl)cc2)nc2cccnc21)NC1CN2CCC1CC2. The summed E-state index contributed by atoms with van der Waals surface area (Å²) in [5.41, 5.74) is 2.41. The van der Waals surface area contributed by atoms with Crippen LogP contribution in [-0.2, 0) is 11.3 Å². The van der Waals surface area contributed by atoms with Crippen molar-refractivity contribution in [2.24, 2.45) is 5.92 Å². The Hall–Kier alpha value is -1.90. The van der Waals surface area contributed by atoms with Gasteiger partial charge in [0.25, 0.3) is 0 Å². The van der Waals surface area contributed by atoms with Crippen LogP contribution in [0.5, 0.6) is 0 Å². The van der Waals surface area contributed by atoms with Crippen molar-refractivity contribution in [3.63, 3.8) is 0 Å². The number of halogens is 3. The Kier molecular flexibility index (Phi) is 8.68. The first kappa shape index (κ1) is 25.4. The zero-order chi connectivity index (χ0) is 19.1. The van der Waals surface area contributed by atoms with Gasteiger partial charge in [0.05, 0.1) is 0 Å². The molecule has 0 aliphatic carbocycles. The summed E-state index contributed by atoms with van der Waals surface area (Å²) in [6.45, 7) is 3.49. The molecule has 6 rings (SSSR count). The summed E-state index contributed by atoms with van der Waals surface area (Å²) in [6.07, 6.45) is 4.09. The molecule has 0 saturated carbocycles. The van der Waals surface area contributed by atoms with Crippen LogP contribution in [0, 0.1) is 5.92 Å². The minimum atomic E-state index is 0. The second-order valence-corrected chi connectivity index (χ2v) is 8.12. The molecular formula is C21H26Cl3N5O2. The summed E-state index contributed by atoms with van der Waals surface area (Å²) in [5, 5.41) is 3.93. The van der Waals surface area contributed by atoms with Crippen molar-refractivity contribution < 1.29 is 10.3 Å². The molecule has 3 fully saturated rings. The average molecular weight is 487 g/mol. The van der Waals surface area contributed by atoms with Crippen molar-refractivity contribution in [1.29, 1.82) is 0 Å². The summed E-state index contributed by atoms with van der Waals surface area (Å²) >= 11 is 6.03. The number of nitrogens with one attached hydrogen (secondary N) is 1. The number of carbonyl (C=O) groups is 1. The predicted molar refractivity (Wildman–Crippen MR) is 127 cm³/mol. The summed E-state index contributed by atoms with van der Waals surface area (Å²) < 4.78 is 1.90. The quantitative estimate of drug-likeness (QED) is 0.613. The van der Waals surface area contributed by atoms with E-state index in [0.29, 0.717) is 10.9 Å². The van der Waals surface area contributed by atoms with E-state index in [1.807, 2.05) is 41.0 Å². The highest BCUT2D eigenvalue weighted by Crippen LogP contribution is 2.28. The first-order valence-electron chi connectivity index (χ1n) is 9.76. The fraction of sp³-hybridized carbons (Fsp3) is 0.381. The van der Waals surface area contributed by atoms with Crippen LogP contribution in [0.25, 0.3) is 22.6 Å². The van der Waals surface area contributed by atoms with Crippen LogP contribution in [0.1, 0.15) is 12.8 Å². The van der Waals surface area contributed by atoms with Crippen LogP contribution >= 0.6 is 36.4 Å². The van der Waals surface area contributed by atoms with Gasteiger partial charge in [0, 0.05) is 29.4 Å². The Balaban J connectivity index is 0.00000114. The summed E-state index contributed by atoms with van der Waals surface area (Å²) in [4.78, 5) is 24.5. The molecule has 0 radical (unpaired) electrons. The molecule has 1 aromatic carbocycles. The third-order valence-corrected chi connectivity index (χ3v) is 6.16. The highest BCUT2D eigenvalue weighted by atomic mass is 35.5. The van der Waals surface area contributed by atoms with E-state index in [2.05, 4.69) is 15.2 Å². The molecule has 3 aromatic rings. The Bertz CT molecular complexity index is 1020. The van der Waals surface area contributed by atoms with Gasteiger partial charge in [-0.3, -0.25) is 9.36 Å². The number of carbonyl (C=O) groups excluding carboxylic acids is 1. The highest BCUT2D eigenvalue weighted by molar-refractivity contribution is 6.30. The first-order chi connectivity index (χ1) is 13.7. The molecule has 0 spiro atoms. The monoisotopic (exact) mass is 485 g/mol. The van der Waals surface area contributed by atoms with Crippen LogP contribution in [0.3, 0.4) is 0 Å².